The number of aryl methyl sites for hydroxylation is 1. The minimum absolute atomic E-state index is 0.324. The van der Waals surface area contributed by atoms with Gasteiger partial charge in [-0.3, -0.25) is 14.5 Å². The summed E-state index contributed by atoms with van der Waals surface area (Å²) in [7, 11) is 1.58. The highest BCUT2D eigenvalue weighted by Gasteiger charge is 2.51. The number of benzene rings is 2. The zero-order valence-electron chi connectivity index (χ0n) is 19.0. The van der Waals surface area contributed by atoms with Crippen LogP contribution >= 0.6 is 0 Å². The Kier molecular flexibility index (Phi) is 6.09. The third-order valence-corrected chi connectivity index (χ3v) is 6.29. The highest BCUT2D eigenvalue weighted by Crippen LogP contribution is 2.34. The van der Waals surface area contributed by atoms with Gasteiger partial charge < -0.3 is 20.4 Å². The minimum atomic E-state index is -1.20. The van der Waals surface area contributed by atoms with E-state index in [1.165, 1.54) is 0 Å². The van der Waals surface area contributed by atoms with Gasteiger partial charge in [-0.25, -0.2) is 4.79 Å². The van der Waals surface area contributed by atoms with E-state index in [1.54, 1.807) is 19.2 Å². The number of amides is 4. The summed E-state index contributed by atoms with van der Waals surface area (Å²) in [5, 5.41) is 6.75. The summed E-state index contributed by atoms with van der Waals surface area (Å²) in [5.74, 6) is -0.101. The molecule has 8 nitrogen and oxygen atoms in total. The third kappa shape index (κ3) is 4.04. The molecule has 172 valence electrons. The van der Waals surface area contributed by atoms with Gasteiger partial charge in [0, 0.05) is 23.6 Å². The maximum atomic E-state index is 13.3. The van der Waals surface area contributed by atoms with Gasteiger partial charge in [-0.15, -0.1) is 0 Å². The van der Waals surface area contributed by atoms with Crippen molar-refractivity contribution in [3.63, 3.8) is 0 Å². The molecule has 1 aliphatic heterocycles. The Morgan fingerprint density at radius 2 is 1.97 bits per heavy atom. The first-order valence-electron chi connectivity index (χ1n) is 11.0. The van der Waals surface area contributed by atoms with E-state index in [2.05, 4.69) is 15.6 Å². The Labute approximate surface area is 192 Å². The molecule has 1 saturated heterocycles. The van der Waals surface area contributed by atoms with Gasteiger partial charge in [-0.05, 0) is 54.7 Å². The number of aromatic nitrogens is 1. The number of urea groups is 1. The summed E-state index contributed by atoms with van der Waals surface area (Å²) >= 11 is 0. The molecule has 8 heteroatoms. The van der Waals surface area contributed by atoms with Gasteiger partial charge in [0.25, 0.3) is 5.91 Å². The second-order valence-corrected chi connectivity index (χ2v) is 8.22. The fraction of sp³-hybridized carbons (Fsp3) is 0.320. The standard InChI is InChI=1S/C25H28N4O4/c1-4-25(18-9-10-21(33-3)16(2)13-18)23(31)29(24(32)28-25)15-22(30)26-12-11-17-14-27-20-8-6-5-7-19(17)20/h5-10,13-14,27H,4,11-12,15H2,1-3H3,(H,26,30)(H,28,32). The van der Waals surface area contributed by atoms with Crippen LogP contribution in [0.2, 0.25) is 0 Å². The van der Waals surface area contributed by atoms with Crippen LogP contribution in [0.4, 0.5) is 4.79 Å². The van der Waals surface area contributed by atoms with Crippen LogP contribution in [0, 0.1) is 6.92 Å². The topological polar surface area (TPSA) is 104 Å². The average molecular weight is 449 g/mol. The number of nitrogens with one attached hydrogen (secondary N) is 3. The number of ether oxygens (including phenoxy) is 1. The number of para-hydroxylation sites is 1. The first-order valence-corrected chi connectivity index (χ1v) is 11.0. The molecule has 0 radical (unpaired) electrons. The molecule has 3 N–H and O–H groups in total. The first-order chi connectivity index (χ1) is 15.9. The van der Waals surface area contributed by atoms with Crippen molar-refractivity contribution in [2.24, 2.45) is 0 Å². The SMILES string of the molecule is CCC1(c2ccc(OC)c(C)c2)NC(=O)N(CC(=O)NCCc2c[nH]c3ccccc23)C1=O. The molecule has 2 aromatic carbocycles. The molecule has 4 amide bonds. The number of hydrogen-bond acceptors (Lipinski definition) is 4. The number of hydrogen-bond donors (Lipinski definition) is 3. The summed E-state index contributed by atoms with van der Waals surface area (Å²) in [4.78, 5) is 42.7. The number of carbonyl (C=O) groups excluding carboxylic acids is 3. The van der Waals surface area contributed by atoms with Crippen LogP contribution in [0.3, 0.4) is 0 Å². The van der Waals surface area contributed by atoms with E-state index in [0.29, 0.717) is 30.7 Å². The molecular formula is C25H28N4O4. The molecule has 0 saturated carbocycles. The van der Waals surface area contributed by atoms with Gasteiger partial charge in [0.1, 0.15) is 17.8 Å². The number of methoxy groups -OCH3 is 1. The molecular weight excluding hydrogens is 420 g/mol. The number of H-pyrrole nitrogens is 1. The molecule has 1 aliphatic rings. The van der Waals surface area contributed by atoms with Gasteiger partial charge in [-0.2, -0.15) is 0 Å². The Morgan fingerprint density at radius 1 is 1.18 bits per heavy atom. The van der Waals surface area contributed by atoms with Crippen LogP contribution in [0.5, 0.6) is 5.75 Å². The van der Waals surface area contributed by atoms with Crippen LogP contribution in [-0.2, 0) is 21.5 Å². The van der Waals surface area contributed by atoms with E-state index in [1.807, 2.05) is 50.4 Å². The lowest BCUT2D eigenvalue weighted by molar-refractivity contribution is -0.135. The van der Waals surface area contributed by atoms with Crippen LogP contribution in [0.15, 0.2) is 48.7 Å². The van der Waals surface area contributed by atoms with Crippen molar-refractivity contribution in [2.45, 2.75) is 32.2 Å². The van der Waals surface area contributed by atoms with E-state index >= 15 is 0 Å². The zero-order chi connectivity index (χ0) is 23.6. The maximum absolute atomic E-state index is 13.3. The molecule has 0 spiro atoms. The molecule has 0 bridgehead atoms. The van der Waals surface area contributed by atoms with E-state index in [9.17, 15) is 14.4 Å². The van der Waals surface area contributed by atoms with Crippen molar-refractivity contribution < 1.29 is 19.1 Å². The normalized spacial score (nSPS) is 18.0. The van der Waals surface area contributed by atoms with E-state index in [0.717, 1.165) is 26.9 Å². The number of rotatable bonds is 8. The predicted molar refractivity (Wildman–Crippen MR) is 125 cm³/mol. The van der Waals surface area contributed by atoms with E-state index in [-0.39, 0.29) is 12.5 Å². The molecule has 2 heterocycles. The lowest BCUT2D eigenvalue weighted by Crippen LogP contribution is -2.45. The second-order valence-electron chi connectivity index (χ2n) is 8.22. The fourth-order valence-corrected chi connectivity index (χ4v) is 4.43. The Hall–Kier alpha value is -3.81. The fourth-order valence-electron chi connectivity index (χ4n) is 4.43. The molecule has 1 aromatic heterocycles. The van der Waals surface area contributed by atoms with Crippen LogP contribution < -0.4 is 15.4 Å². The zero-order valence-corrected chi connectivity index (χ0v) is 19.0. The minimum Gasteiger partial charge on any atom is -0.496 e. The third-order valence-electron chi connectivity index (χ3n) is 6.29. The van der Waals surface area contributed by atoms with Gasteiger partial charge in [-0.1, -0.05) is 31.2 Å². The second kappa shape index (κ2) is 8.97. The average Bonchev–Trinajstić information content (AvgIpc) is 3.33. The quantitative estimate of drug-likeness (QED) is 0.461. The van der Waals surface area contributed by atoms with Gasteiger partial charge >= 0.3 is 6.03 Å². The highest BCUT2D eigenvalue weighted by atomic mass is 16.5. The van der Waals surface area contributed by atoms with E-state index < -0.39 is 17.5 Å². The van der Waals surface area contributed by atoms with Crippen molar-refractivity contribution in [3.05, 3.63) is 65.4 Å². The summed E-state index contributed by atoms with van der Waals surface area (Å²) in [6.07, 6.45) is 2.93. The van der Waals surface area contributed by atoms with Crippen molar-refractivity contribution in [2.75, 3.05) is 20.2 Å². The summed E-state index contributed by atoms with van der Waals surface area (Å²) < 4.78 is 5.30. The van der Waals surface area contributed by atoms with Crippen molar-refractivity contribution in [1.82, 2.24) is 20.5 Å². The molecule has 3 aromatic rings. The monoisotopic (exact) mass is 448 g/mol. The largest absolute Gasteiger partial charge is 0.496 e. The van der Waals surface area contributed by atoms with E-state index in [4.69, 9.17) is 4.74 Å². The molecule has 0 aliphatic carbocycles. The summed E-state index contributed by atoms with van der Waals surface area (Å²) in [6.45, 7) is 3.80. The molecule has 1 unspecified atom stereocenters. The predicted octanol–water partition coefficient (Wildman–Crippen LogP) is 3.00. The lowest BCUT2D eigenvalue weighted by Gasteiger charge is -2.26. The molecule has 1 fully saturated rings. The lowest BCUT2D eigenvalue weighted by atomic mass is 9.86. The smallest absolute Gasteiger partial charge is 0.325 e. The highest BCUT2D eigenvalue weighted by molar-refractivity contribution is 6.09. The first kappa shape index (κ1) is 22.4. The number of aromatic amines is 1. The Morgan fingerprint density at radius 3 is 2.70 bits per heavy atom. The number of nitrogens with zero attached hydrogens (tertiary/aromatic N) is 1. The maximum Gasteiger partial charge on any atom is 0.325 e. The Bertz CT molecular complexity index is 1220. The van der Waals surface area contributed by atoms with Crippen LogP contribution in [-0.4, -0.2) is 47.9 Å². The summed E-state index contributed by atoms with van der Waals surface area (Å²) in [5.41, 5.74) is 2.48. The Balaban J connectivity index is 1.41. The number of fused-ring (bicyclic) bond motifs is 1. The molecule has 4 rings (SSSR count). The van der Waals surface area contributed by atoms with Crippen LogP contribution in [0.25, 0.3) is 10.9 Å². The molecule has 1 atom stereocenters. The molecule has 33 heavy (non-hydrogen) atoms. The van der Waals surface area contributed by atoms with Gasteiger partial charge in [0.2, 0.25) is 5.91 Å². The van der Waals surface area contributed by atoms with Gasteiger partial charge in [0.15, 0.2) is 0 Å². The van der Waals surface area contributed by atoms with Crippen molar-refractivity contribution in [3.8, 4) is 5.75 Å². The number of carbonyl (C=O) groups is 3. The van der Waals surface area contributed by atoms with Crippen molar-refractivity contribution >= 4 is 28.7 Å². The van der Waals surface area contributed by atoms with Crippen molar-refractivity contribution in [1.29, 1.82) is 0 Å². The van der Waals surface area contributed by atoms with Crippen LogP contribution in [0.1, 0.15) is 30.0 Å². The van der Waals surface area contributed by atoms with Gasteiger partial charge in [0.05, 0.1) is 7.11 Å². The summed E-state index contributed by atoms with van der Waals surface area (Å²) in [6, 6.07) is 12.8. The number of imide groups is 1.